The van der Waals surface area contributed by atoms with Crippen molar-refractivity contribution in [1.82, 2.24) is 10.2 Å². The van der Waals surface area contributed by atoms with Crippen LogP contribution in [0.5, 0.6) is 0 Å². The predicted molar refractivity (Wildman–Crippen MR) is 41.6 cm³/mol. The van der Waals surface area contributed by atoms with Crippen LogP contribution in [0, 0.1) is 0 Å². The fraction of sp³-hybridized carbons (Fsp3) is 0.714. The normalized spacial score (nSPS) is 10.2. The summed E-state index contributed by atoms with van der Waals surface area (Å²) in [7, 11) is 6.02. The molecule has 0 unspecified atom stereocenters. The van der Waals surface area contributed by atoms with Crippen molar-refractivity contribution in [2.45, 2.75) is 0 Å². The lowest BCUT2D eigenvalue weighted by atomic mass is 10.3. The van der Waals surface area contributed by atoms with Crippen LogP contribution in [-0.2, 0) is 0 Å². The fourth-order valence-corrected chi connectivity index (χ4v) is 0.753. The minimum atomic E-state index is 0.915. The molecule has 2 nitrogen and oxygen atoms in total. The second-order valence-electron chi connectivity index (χ2n) is 2.52. The van der Waals surface area contributed by atoms with Gasteiger partial charge in [-0.15, -0.1) is 0 Å². The zero-order valence-corrected chi connectivity index (χ0v) is 6.57. The Kier molecular flexibility index (Phi) is 4.36. The van der Waals surface area contributed by atoms with Gasteiger partial charge < -0.3 is 10.2 Å². The van der Waals surface area contributed by atoms with Crippen molar-refractivity contribution in [3.05, 3.63) is 12.2 Å². The maximum absolute atomic E-state index is 3.88. The fourth-order valence-electron chi connectivity index (χ4n) is 0.753. The number of hydrogen-bond donors (Lipinski definition) is 1. The van der Waals surface area contributed by atoms with E-state index >= 15 is 0 Å². The minimum Gasteiger partial charge on any atom is -0.316 e. The van der Waals surface area contributed by atoms with E-state index in [0.717, 1.165) is 13.1 Å². The number of nitrogens with one attached hydrogen (secondary N) is 1. The molecule has 0 aromatic heterocycles. The molecule has 0 amide bonds. The van der Waals surface area contributed by atoms with E-state index < -0.39 is 0 Å². The van der Waals surface area contributed by atoms with Gasteiger partial charge in [0, 0.05) is 13.1 Å². The summed E-state index contributed by atoms with van der Waals surface area (Å²) < 4.78 is 0. The van der Waals surface area contributed by atoms with Gasteiger partial charge in [0.1, 0.15) is 0 Å². The van der Waals surface area contributed by atoms with E-state index in [1.54, 1.807) is 0 Å². The molecule has 0 fully saturated rings. The van der Waals surface area contributed by atoms with E-state index in [9.17, 15) is 0 Å². The topological polar surface area (TPSA) is 15.3 Å². The summed E-state index contributed by atoms with van der Waals surface area (Å²) in [5, 5.41) is 3.05. The van der Waals surface area contributed by atoms with Crippen LogP contribution in [0.1, 0.15) is 0 Å². The molecule has 0 aliphatic heterocycles. The van der Waals surface area contributed by atoms with Gasteiger partial charge in [-0.3, -0.25) is 0 Å². The van der Waals surface area contributed by atoms with Gasteiger partial charge in [-0.05, 0) is 26.7 Å². The average molecular weight is 128 g/mol. The summed E-state index contributed by atoms with van der Waals surface area (Å²) in [5.41, 5.74) is 1.22. The SMILES string of the molecule is C=C(CNC)CN(C)C. The standard InChI is InChI=1S/C7H16N2/c1-7(5-8-2)6-9(3)4/h8H,1,5-6H2,2-4H3. The molecule has 54 valence electrons. The largest absolute Gasteiger partial charge is 0.316 e. The van der Waals surface area contributed by atoms with Gasteiger partial charge in [-0.1, -0.05) is 6.58 Å². The van der Waals surface area contributed by atoms with Crippen molar-refractivity contribution in [3.8, 4) is 0 Å². The molecule has 0 rings (SSSR count). The van der Waals surface area contributed by atoms with Crippen LogP contribution < -0.4 is 5.32 Å². The molecule has 0 aromatic carbocycles. The van der Waals surface area contributed by atoms with Crippen LogP contribution in [0.15, 0.2) is 12.2 Å². The lowest BCUT2D eigenvalue weighted by Crippen LogP contribution is -2.20. The summed E-state index contributed by atoms with van der Waals surface area (Å²) in [4.78, 5) is 2.11. The molecule has 0 spiro atoms. The van der Waals surface area contributed by atoms with E-state index in [1.165, 1.54) is 5.57 Å². The van der Waals surface area contributed by atoms with E-state index in [1.807, 2.05) is 21.1 Å². The number of rotatable bonds is 4. The van der Waals surface area contributed by atoms with Gasteiger partial charge in [0.2, 0.25) is 0 Å². The van der Waals surface area contributed by atoms with Crippen LogP contribution in [-0.4, -0.2) is 39.1 Å². The third kappa shape index (κ3) is 5.53. The quantitative estimate of drug-likeness (QED) is 0.549. The molecule has 9 heavy (non-hydrogen) atoms. The van der Waals surface area contributed by atoms with Crippen molar-refractivity contribution in [2.75, 3.05) is 34.2 Å². The Bertz CT molecular complexity index is 86.9. The van der Waals surface area contributed by atoms with Crippen LogP contribution >= 0.6 is 0 Å². The Hall–Kier alpha value is -0.340. The maximum Gasteiger partial charge on any atom is 0.0196 e. The van der Waals surface area contributed by atoms with Gasteiger partial charge in [-0.2, -0.15) is 0 Å². The zero-order valence-electron chi connectivity index (χ0n) is 6.57. The Labute approximate surface area is 57.5 Å². The van der Waals surface area contributed by atoms with E-state index in [4.69, 9.17) is 0 Å². The highest BCUT2D eigenvalue weighted by Crippen LogP contribution is 1.87. The lowest BCUT2D eigenvalue weighted by molar-refractivity contribution is 0.441. The van der Waals surface area contributed by atoms with Gasteiger partial charge in [0.05, 0.1) is 0 Å². The molecule has 0 aliphatic carbocycles. The summed E-state index contributed by atoms with van der Waals surface area (Å²) >= 11 is 0. The van der Waals surface area contributed by atoms with Gasteiger partial charge in [0.15, 0.2) is 0 Å². The Morgan fingerprint density at radius 2 is 2.11 bits per heavy atom. The highest BCUT2D eigenvalue weighted by molar-refractivity contribution is 4.98. The van der Waals surface area contributed by atoms with Gasteiger partial charge in [-0.25, -0.2) is 0 Å². The summed E-state index contributed by atoms with van der Waals surface area (Å²) in [6.45, 7) is 5.77. The Morgan fingerprint density at radius 3 is 2.44 bits per heavy atom. The van der Waals surface area contributed by atoms with E-state index in [-0.39, 0.29) is 0 Å². The predicted octanol–water partition coefficient (Wildman–Crippen LogP) is 0.324. The first-order chi connectivity index (χ1) is 4.16. The monoisotopic (exact) mass is 128 g/mol. The zero-order chi connectivity index (χ0) is 7.28. The van der Waals surface area contributed by atoms with Crippen molar-refractivity contribution in [3.63, 3.8) is 0 Å². The van der Waals surface area contributed by atoms with Gasteiger partial charge >= 0.3 is 0 Å². The second-order valence-corrected chi connectivity index (χ2v) is 2.52. The number of hydrogen-bond acceptors (Lipinski definition) is 2. The van der Waals surface area contributed by atoms with Gasteiger partial charge in [0.25, 0.3) is 0 Å². The first-order valence-electron chi connectivity index (χ1n) is 3.12. The van der Waals surface area contributed by atoms with Crippen molar-refractivity contribution < 1.29 is 0 Å². The highest BCUT2D eigenvalue weighted by atomic mass is 15.1. The molecule has 0 bridgehead atoms. The summed E-state index contributed by atoms with van der Waals surface area (Å²) in [6, 6.07) is 0. The lowest BCUT2D eigenvalue weighted by Gasteiger charge is -2.10. The minimum absolute atomic E-state index is 0.915. The number of nitrogens with zero attached hydrogens (tertiary/aromatic N) is 1. The molecular weight excluding hydrogens is 112 g/mol. The molecule has 0 atom stereocenters. The molecule has 2 heteroatoms. The number of likely N-dealkylation sites (N-methyl/N-ethyl adjacent to an activating group) is 2. The maximum atomic E-state index is 3.88. The first kappa shape index (κ1) is 8.66. The highest BCUT2D eigenvalue weighted by Gasteiger charge is 1.92. The molecule has 0 saturated heterocycles. The molecule has 0 saturated carbocycles. The summed E-state index contributed by atoms with van der Waals surface area (Å²) in [5.74, 6) is 0. The Morgan fingerprint density at radius 1 is 1.56 bits per heavy atom. The van der Waals surface area contributed by atoms with Crippen LogP contribution in [0.2, 0.25) is 0 Å². The van der Waals surface area contributed by atoms with Crippen molar-refractivity contribution >= 4 is 0 Å². The molecular formula is C7H16N2. The molecule has 0 heterocycles. The van der Waals surface area contributed by atoms with Crippen LogP contribution in [0.3, 0.4) is 0 Å². The third-order valence-electron chi connectivity index (χ3n) is 0.967. The van der Waals surface area contributed by atoms with E-state index in [0.29, 0.717) is 0 Å². The van der Waals surface area contributed by atoms with Crippen LogP contribution in [0.25, 0.3) is 0 Å². The summed E-state index contributed by atoms with van der Waals surface area (Å²) in [6.07, 6.45) is 0. The average Bonchev–Trinajstić information content (AvgIpc) is 1.63. The Balaban J connectivity index is 3.27. The molecule has 1 N–H and O–H groups in total. The first-order valence-corrected chi connectivity index (χ1v) is 3.12. The van der Waals surface area contributed by atoms with Crippen molar-refractivity contribution in [2.24, 2.45) is 0 Å². The van der Waals surface area contributed by atoms with E-state index in [2.05, 4.69) is 16.8 Å². The van der Waals surface area contributed by atoms with Crippen LogP contribution in [0.4, 0.5) is 0 Å². The molecule has 0 aliphatic rings. The smallest absolute Gasteiger partial charge is 0.0196 e. The molecule has 0 radical (unpaired) electrons. The van der Waals surface area contributed by atoms with Crippen molar-refractivity contribution in [1.29, 1.82) is 0 Å². The second kappa shape index (κ2) is 4.53. The molecule has 0 aromatic rings. The third-order valence-corrected chi connectivity index (χ3v) is 0.967.